The minimum Gasteiger partial charge on any atom is -1.00 e. The third-order valence-electron chi connectivity index (χ3n) is 7.51. The summed E-state index contributed by atoms with van der Waals surface area (Å²) in [4.78, 5) is 12.1. The zero-order valence-electron chi connectivity index (χ0n) is 15.3. The second-order valence-corrected chi connectivity index (χ2v) is 8.47. The van der Waals surface area contributed by atoms with E-state index >= 15 is 0 Å². The summed E-state index contributed by atoms with van der Waals surface area (Å²) in [6, 6.07) is 0. The smallest absolute Gasteiger partial charge is 1.00 e. The van der Waals surface area contributed by atoms with Crippen LogP contribution in [0.5, 0.6) is 0 Å². The molecular weight excluding hydrogens is 520 g/mol. The maximum atomic E-state index is 12.1. The van der Waals surface area contributed by atoms with E-state index in [9.17, 15) is 9.90 Å². The molecular formula is C21H25ClHgO2. The van der Waals surface area contributed by atoms with Crippen molar-refractivity contribution in [2.75, 3.05) is 0 Å². The van der Waals surface area contributed by atoms with Crippen LogP contribution in [0.3, 0.4) is 0 Å². The number of carbonyl (C=O) groups is 1. The van der Waals surface area contributed by atoms with Crippen molar-refractivity contribution in [2.24, 2.45) is 34.5 Å². The monoisotopic (exact) mass is 546 g/mol. The fraction of sp³-hybridized carbons (Fsp3) is 0.619. The number of hydrogen-bond donors (Lipinski definition) is 0. The van der Waals surface area contributed by atoms with Crippen molar-refractivity contribution in [3.8, 4) is 0 Å². The first-order valence-corrected chi connectivity index (χ1v) is 8.92. The molecule has 0 N–H and O–H groups in total. The molecule has 2 radical (unpaired) electrons. The zero-order chi connectivity index (χ0) is 16.4. The number of allylic oxidation sites excluding steroid dienone is 4. The Labute approximate surface area is 177 Å². The molecule has 0 aromatic rings. The first kappa shape index (κ1) is 21.0. The van der Waals surface area contributed by atoms with Gasteiger partial charge in [-0.15, -0.1) is 0 Å². The molecule has 0 bridgehead atoms. The molecule has 2 saturated carbocycles. The normalized spacial score (nSPS) is 43.5. The Morgan fingerprint density at radius 2 is 1.92 bits per heavy atom. The van der Waals surface area contributed by atoms with Gasteiger partial charge in [-0.05, 0) is 73.5 Å². The molecule has 0 aromatic carbocycles. The van der Waals surface area contributed by atoms with E-state index in [1.807, 2.05) is 6.08 Å². The third-order valence-corrected chi connectivity index (χ3v) is 7.51. The average Bonchev–Trinajstić information content (AvgIpc) is 2.85. The largest absolute Gasteiger partial charge is 1.00 e. The summed E-state index contributed by atoms with van der Waals surface area (Å²) >= 11 is 0. The first-order valence-electron chi connectivity index (χ1n) is 8.92. The standard InChI is InChI=1S/C21H25O2.ClH.Hg/c1-13(22)17-6-7-18-16-5-4-14-12-15(23)8-10-20(14,2)19(16)9-11-21(17,18)3;;/h4-5,10,12,16-19H,6-7,9,11H2,1-3H3;1H;/q;;+1/p-1/t16-,17+,18-,19-,20-,21+;;/m0../s1. The Kier molecular flexibility index (Phi) is 5.90. The van der Waals surface area contributed by atoms with Gasteiger partial charge in [-0.1, -0.05) is 31.7 Å². The molecule has 0 spiro atoms. The predicted octanol–water partition coefficient (Wildman–Crippen LogP) is 1.62. The molecule has 4 aliphatic carbocycles. The second-order valence-electron chi connectivity index (χ2n) is 8.47. The van der Waals surface area contributed by atoms with E-state index in [-0.39, 0.29) is 62.6 Å². The van der Waals surface area contributed by atoms with Crippen LogP contribution in [0, 0.1) is 34.5 Å². The Morgan fingerprint density at radius 3 is 2.60 bits per heavy atom. The van der Waals surface area contributed by atoms with E-state index in [4.69, 9.17) is 0 Å². The number of carbonyl (C=O) groups excluding carboxylic acids is 1. The Balaban J connectivity index is 0.00000113. The maximum Gasteiger partial charge on any atom is 1.00 e. The molecule has 130 valence electrons. The van der Waals surface area contributed by atoms with Crippen molar-refractivity contribution in [3.63, 3.8) is 0 Å². The minimum absolute atomic E-state index is 0. The number of halogens is 1. The van der Waals surface area contributed by atoms with Gasteiger partial charge in [-0.3, -0.25) is 9.90 Å². The van der Waals surface area contributed by atoms with E-state index in [1.165, 1.54) is 0 Å². The van der Waals surface area contributed by atoms with Crippen LogP contribution in [0.2, 0.25) is 0 Å². The summed E-state index contributed by atoms with van der Waals surface area (Å²) in [6.45, 7) is 6.38. The van der Waals surface area contributed by atoms with E-state index < -0.39 is 0 Å². The summed E-state index contributed by atoms with van der Waals surface area (Å²) in [5.41, 5.74) is 4.16. The van der Waals surface area contributed by atoms with Gasteiger partial charge in [0.05, 0.1) is 0 Å². The van der Waals surface area contributed by atoms with Gasteiger partial charge in [-0.2, -0.15) is 0 Å². The van der Waals surface area contributed by atoms with Gasteiger partial charge in [0.1, 0.15) is 5.78 Å². The summed E-state index contributed by atoms with van der Waals surface area (Å²) < 4.78 is 0. The van der Waals surface area contributed by atoms with Crippen molar-refractivity contribution in [1.82, 2.24) is 0 Å². The molecule has 4 aliphatic rings. The van der Waals surface area contributed by atoms with Crippen molar-refractivity contribution in [2.45, 2.75) is 46.5 Å². The van der Waals surface area contributed by atoms with Crippen molar-refractivity contribution in [1.29, 1.82) is 0 Å². The molecule has 0 unspecified atom stereocenters. The minimum atomic E-state index is -0.0665. The van der Waals surface area contributed by atoms with Crippen LogP contribution in [0.25, 0.3) is 0 Å². The van der Waals surface area contributed by atoms with E-state index in [0.29, 0.717) is 23.5 Å². The number of fused-ring (bicyclic) bond motifs is 5. The Morgan fingerprint density at radius 1 is 1.20 bits per heavy atom. The quantitative estimate of drug-likeness (QED) is 0.365. The van der Waals surface area contributed by atoms with E-state index in [1.54, 1.807) is 13.0 Å². The predicted molar refractivity (Wildman–Crippen MR) is 88.8 cm³/mol. The topological polar surface area (TPSA) is 37.0 Å². The van der Waals surface area contributed by atoms with Gasteiger partial charge in [0.25, 0.3) is 0 Å². The average molecular weight is 545 g/mol. The summed E-state index contributed by atoms with van der Waals surface area (Å²) in [6.07, 6.45) is 12.8. The van der Waals surface area contributed by atoms with Gasteiger partial charge < -0.3 is 12.4 Å². The van der Waals surface area contributed by atoms with Crippen molar-refractivity contribution < 1.29 is 50.0 Å². The number of rotatable bonds is 1. The third kappa shape index (κ3) is 2.93. The Hall–Kier alpha value is -0.305. The fourth-order valence-corrected chi connectivity index (χ4v) is 6.24. The van der Waals surface area contributed by atoms with Crippen LogP contribution >= 0.6 is 0 Å². The van der Waals surface area contributed by atoms with Gasteiger partial charge in [-0.25, -0.2) is 0 Å². The summed E-state index contributed by atoms with van der Waals surface area (Å²) in [7, 11) is 0. The van der Waals surface area contributed by atoms with Crippen LogP contribution in [0.4, 0.5) is 0 Å². The van der Waals surface area contributed by atoms with Crippen LogP contribution in [-0.4, -0.2) is 5.78 Å². The SMILES string of the molecule is CC(=O)[C@H]1CC[C@H]2[C@@H]3C=CC4=CC([O])=C=C[C@]4(C)[C@H]3CC[C@]12C.[Cl-].[Hg+]. The molecule has 0 aromatic heterocycles. The molecule has 0 amide bonds. The van der Waals surface area contributed by atoms with E-state index in [2.05, 4.69) is 31.7 Å². The molecule has 2 nitrogen and oxygen atoms in total. The zero-order valence-corrected chi connectivity index (χ0v) is 21.6. The van der Waals surface area contributed by atoms with Crippen LogP contribution in [0.15, 0.2) is 41.4 Å². The molecule has 6 atom stereocenters. The molecule has 0 saturated heterocycles. The van der Waals surface area contributed by atoms with Crippen LogP contribution in [0.1, 0.15) is 46.5 Å². The Bertz CT molecular complexity index is 703. The van der Waals surface area contributed by atoms with Crippen molar-refractivity contribution in [3.05, 3.63) is 41.4 Å². The van der Waals surface area contributed by atoms with Crippen LogP contribution in [-0.2, 0) is 37.6 Å². The first-order chi connectivity index (χ1) is 10.9. The second kappa shape index (κ2) is 7.02. The number of Topliss-reactive ketones (excluding diaryl/α,β-unsaturated/α-hetero) is 1. The number of ketones is 1. The van der Waals surface area contributed by atoms with Crippen molar-refractivity contribution >= 4 is 5.78 Å². The van der Waals surface area contributed by atoms with Gasteiger partial charge in [0.15, 0.2) is 0 Å². The van der Waals surface area contributed by atoms with Gasteiger partial charge in [0, 0.05) is 11.3 Å². The summed E-state index contributed by atoms with van der Waals surface area (Å²) in [5.74, 6) is 2.24. The maximum absolute atomic E-state index is 12.1. The fourth-order valence-electron chi connectivity index (χ4n) is 6.24. The molecule has 4 rings (SSSR count). The van der Waals surface area contributed by atoms with Gasteiger partial charge in [0.2, 0.25) is 5.76 Å². The van der Waals surface area contributed by atoms with Crippen LogP contribution < -0.4 is 12.4 Å². The molecule has 0 aliphatic heterocycles. The molecule has 25 heavy (non-hydrogen) atoms. The molecule has 4 heteroatoms. The molecule has 0 heterocycles. The van der Waals surface area contributed by atoms with E-state index in [0.717, 1.165) is 31.3 Å². The summed E-state index contributed by atoms with van der Waals surface area (Å²) in [5, 5.41) is 11.7. The van der Waals surface area contributed by atoms with Gasteiger partial charge >= 0.3 is 27.7 Å². The number of hydrogen-bond acceptors (Lipinski definition) is 1. The molecule has 2 fully saturated rings.